The maximum Gasteiger partial charge on any atom is 0.269 e. The van der Waals surface area contributed by atoms with Gasteiger partial charge in [-0.15, -0.1) is 0 Å². The van der Waals surface area contributed by atoms with Gasteiger partial charge in [-0.1, -0.05) is 18.2 Å². The van der Waals surface area contributed by atoms with Gasteiger partial charge in [0.05, 0.1) is 12.1 Å². The fraction of sp³-hybridized carbons (Fsp3) is 0.200. The lowest BCUT2D eigenvalue weighted by Gasteiger charge is -2.23. The number of hydrogen-bond donors (Lipinski definition) is 2. The summed E-state index contributed by atoms with van der Waals surface area (Å²) >= 11 is 3.23. The van der Waals surface area contributed by atoms with E-state index in [0.717, 1.165) is 11.1 Å². The van der Waals surface area contributed by atoms with Gasteiger partial charge in [0.25, 0.3) is 5.91 Å². The van der Waals surface area contributed by atoms with Crippen molar-refractivity contribution >= 4 is 50.4 Å². The third-order valence-electron chi connectivity index (χ3n) is 6.10. The molecule has 12 heteroatoms. The second-order valence-corrected chi connectivity index (χ2v) is 9.39. The van der Waals surface area contributed by atoms with Gasteiger partial charge in [-0.05, 0) is 51.8 Å². The van der Waals surface area contributed by atoms with Crippen LogP contribution in [0, 0.1) is 0 Å². The van der Waals surface area contributed by atoms with Gasteiger partial charge in [0.2, 0.25) is 11.8 Å². The normalized spacial score (nSPS) is 17.2. The van der Waals surface area contributed by atoms with Crippen LogP contribution in [0.3, 0.4) is 0 Å². The predicted molar refractivity (Wildman–Crippen MR) is 137 cm³/mol. The predicted octanol–water partition coefficient (Wildman–Crippen LogP) is 2.93. The Morgan fingerprint density at radius 2 is 1.97 bits per heavy atom. The number of hydrogen-bond acceptors (Lipinski definition) is 6. The highest BCUT2D eigenvalue weighted by atomic mass is 79.9. The highest BCUT2D eigenvalue weighted by Crippen LogP contribution is 2.27. The van der Waals surface area contributed by atoms with Crippen molar-refractivity contribution in [3.63, 3.8) is 0 Å². The number of alkyl halides is 1. The van der Waals surface area contributed by atoms with E-state index in [9.17, 15) is 18.8 Å². The quantitative estimate of drug-likeness (QED) is 0.345. The molecular formula is C25H21BrFN7O3. The maximum atomic E-state index is 14.4. The van der Waals surface area contributed by atoms with Gasteiger partial charge >= 0.3 is 0 Å². The molecule has 1 aliphatic rings. The molecule has 0 spiro atoms. The number of nitrogens with zero attached hydrogens (tertiary/aromatic N) is 5. The summed E-state index contributed by atoms with van der Waals surface area (Å²) in [6.07, 6.45) is 1.86. The maximum absolute atomic E-state index is 14.4. The van der Waals surface area contributed by atoms with Crippen LogP contribution in [-0.2, 0) is 16.1 Å². The molecule has 1 aliphatic heterocycles. The van der Waals surface area contributed by atoms with Crippen molar-refractivity contribution in [3.8, 4) is 11.1 Å². The summed E-state index contributed by atoms with van der Waals surface area (Å²) in [6.45, 7) is -0.530. The van der Waals surface area contributed by atoms with E-state index in [2.05, 4.69) is 36.3 Å². The Hall–Kier alpha value is -4.19. The zero-order valence-electron chi connectivity index (χ0n) is 19.3. The minimum Gasteiger partial charge on any atom is -0.364 e. The van der Waals surface area contributed by atoms with Crippen LogP contribution in [-0.4, -0.2) is 61.1 Å². The number of carbonyl (C=O) groups excluding carboxylic acids is 3. The van der Waals surface area contributed by atoms with E-state index in [1.807, 2.05) is 12.1 Å². The highest BCUT2D eigenvalue weighted by Gasteiger charge is 2.40. The van der Waals surface area contributed by atoms with Crippen LogP contribution in [0.15, 0.2) is 65.5 Å². The molecule has 188 valence electrons. The molecule has 1 fully saturated rings. The molecule has 3 amide bonds. The number of anilines is 1. The molecule has 1 aromatic carbocycles. The van der Waals surface area contributed by atoms with Crippen molar-refractivity contribution in [2.75, 3.05) is 11.9 Å². The number of rotatable bonds is 6. The molecule has 0 aliphatic carbocycles. The van der Waals surface area contributed by atoms with Crippen molar-refractivity contribution in [2.24, 2.45) is 5.73 Å². The number of nitrogens with one attached hydrogen (secondary N) is 1. The number of primary amides is 1. The molecule has 3 aromatic heterocycles. The molecule has 0 unspecified atom stereocenters. The number of fused-ring (bicyclic) bond motifs is 1. The molecule has 0 bridgehead atoms. The Labute approximate surface area is 218 Å². The van der Waals surface area contributed by atoms with Crippen LogP contribution >= 0.6 is 15.9 Å². The van der Waals surface area contributed by atoms with Gasteiger partial charge < -0.3 is 16.0 Å². The molecule has 2 atom stereocenters. The summed E-state index contributed by atoms with van der Waals surface area (Å²) in [4.78, 5) is 47.7. The summed E-state index contributed by atoms with van der Waals surface area (Å²) in [5, 5.41) is 7.38. The van der Waals surface area contributed by atoms with Crippen LogP contribution in [0.2, 0.25) is 0 Å². The van der Waals surface area contributed by atoms with E-state index in [0.29, 0.717) is 15.5 Å². The number of amides is 3. The Morgan fingerprint density at radius 1 is 1.14 bits per heavy atom. The van der Waals surface area contributed by atoms with Crippen LogP contribution in [0.5, 0.6) is 0 Å². The van der Waals surface area contributed by atoms with Gasteiger partial charge in [-0.3, -0.25) is 24.0 Å². The minimum absolute atomic E-state index is 0.00773. The van der Waals surface area contributed by atoms with E-state index < -0.39 is 29.9 Å². The lowest BCUT2D eigenvalue weighted by atomic mass is 10.0. The van der Waals surface area contributed by atoms with Crippen molar-refractivity contribution < 1.29 is 18.8 Å². The van der Waals surface area contributed by atoms with Crippen molar-refractivity contribution in [1.29, 1.82) is 0 Å². The number of halogens is 2. The van der Waals surface area contributed by atoms with E-state index in [1.54, 1.807) is 48.8 Å². The molecule has 5 rings (SSSR count). The third kappa shape index (κ3) is 5.05. The summed E-state index contributed by atoms with van der Waals surface area (Å²) in [6, 6.07) is 13.0. The molecule has 3 N–H and O–H groups in total. The molecule has 0 saturated carbocycles. The fourth-order valence-electron chi connectivity index (χ4n) is 4.41. The number of pyridine rings is 2. The van der Waals surface area contributed by atoms with Crippen LogP contribution in [0.25, 0.3) is 22.0 Å². The Balaban J connectivity index is 1.41. The van der Waals surface area contributed by atoms with Crippen LogP contribution in [0.1, 0.15) is 16.9 Å². The first-order chi connectivity index (χ1) is 17.8. The molecule has 4 heterocycles. The molecule has 1 saturated heterocycles. The first kappa shape index (κ1) is 24.5. The van der Waals surface area contributed by atoms with Crippen molar-refractivity contribution in [1.82, 2.24) is 24.6 Å². The van der Waals surface area contributed by atoms with E-state index >= 15 is 0 Å². The van der Waals surface area contributed by atoms with E-state index in [1.165, 1.54) is 9.58 Å². The second-order valence-electron chi connectivity index (χ2n) is 8.57. The monoisotopic (exact) mass is 565 g/mol. The summed E-state index contributed by atoms with van der Waals surface area (Å²) in [5.41, 5.74) is 7.71. The van der Waals surface area contributed by atoms with Crippen molar-refractivity contribution in [3.05, 3.63) is 71.2 Å². The largest absolute Gasteiger partial charge is 0.364 e. The van der Waals surface area contributed by atoms with E-state index in [4.69, 9.17) is 5.73 Å². The zero-order valence-corrected chi connectivity index (χ0v) is 20.9. The molecule has 37 heavy (non-hydrogen) atoms. The number of likely N-dealkylation sites (tertiary alicyclic amines) is 1. The van der Waals surface area contributed by atoms with Gasteiger partial charge in [0, 0.05) is 29.8 Å². The first-order valence-corrected chi connectivity index (χ1v) is 12.2. The summed E-state index contributed by atoms with van der Waals surface area (Å²) < 4.78 is 16.2. The summed E-state index contributed by atoms with van der Waals surface area (Å²) in [7, 11) is 0. The Bertz CT molecular complexity index is 1510. The van der Waals surface area contributed by atoms with Gasteiger partial charge in [0.1, 0.15) is 29.2 Å². The highest BCUT2D eigenvalue weighted by molar-refractivity contribution is 9.10. The van der Waals surface area contributed by atoms with Gasteiger partial charge in [-0.2, -0.15) is 5.10 Å². The molecular weight excluding hydrogens is 545 g/mol. The average Bonchev–Trinajstić information content (AvgIpc) is 3.45. The lowest BCUT2D eigenvalue weighted by Crippen LogP contribution is -2.44. The van der Waals surface area contributed by atoms with Crippen LogP contribution in [0.4, 0.5) is 10.2 Å². The minimum atomic E-state index is -1.35. The van der Waals surface area contributed by atoms with Gasteiger partial charge in [-0.25, -0.2) is 9.37 Å². The smallest absolute Gasteiger partial charge is 0.269 e. The number of carbonyl (C=O) groups is 3. The lowest BCUT2D eigenvalue weighted by molar-refractivity contribution is -0.137. The first-order valence-electron chi connectivity index (χ1n) is 11.4. The standard InChI is InChI=1S/C25H21BrFN7O3/c26-20-4-1-5-21(30-20)31-25(37)19-10-16(27)12-33(19)22(35)13-34-18-7-6-14(15-3-2-8-29-11-15)9-17(18)23(32-34)24(28)36/h1-9,11,16,19H,10,12-13H2,(H2,28,36)(H,30,31,37)/t16-,19+/m1/s1. The topological polar surface area (TPSA) is 136 Å². The molecule has 4 aromatic rings. The molecule has 0 radical (unpaired) electrons. The SMILES string of the molecule is NC(=O)c1nn(CC(=O)N2C[C@H](F)C[C@H]2C(=O)Nc2cccc(Br)n2)c2ccc(-c3cccnc3)cc12. The number of benzene rings is 1. The van der Waals surface area contributed by atoms with Gasteiger partial charge in [0.15, 0.2) is 5.69 Å². The summed E-state index contributed by atoms with van der Waals surface area (Å²) in [5.74, 6) is -1.52. The Morgan fingerprint density at radius 3 is 2.70 bits per heavy atom. The van der Waals surface area contributed by atoms with E-state index in [-0.39, 0.29) is 31.0 Å². The zero-order chi connectivity index (χ0) is 26.1. The van der Waals surface area contributed by atoms with Crippen LogP contribution < -0.4 is 11.1 Å². The second kappa shape index (κ2) is 10.1. The third-order valence-corrected chi connectivity index (χ3v) is 6.54. The Kier molecular flexibility index (Phi) is 6.66. The fourth-order valence-corrected chi connectivity index (χ4v) is 4.75. The number of aromatic nitrogens is 4. The number of nitrogens with two attached hydrogens (primary N) is 1. The van der Waals surface area contributed by atoms with Crippen molar-refractivity contribution in [2.45, 2.75) is 25.2 Å². The molecule has 10 nitrogen and oxygen atoms in total. The average molecular weight is 566 g/mol.